The second-order valence-corrected chi connectivity index (χ2v) is 8.57. The molecule has 7 nitrogen and oxygen atoms in total. The van der Waals surface area contributed by atoms with Crippen LogP contribution in [0.3, 0.4) is 0 Å². The monoisotopic (exact) mass is 477 g/mol. The Morgan fingerprint density at radius 3 is 2.17 bits per heavy atom. The minimum Gasteiger partial charge on any atom is -0.497 e. The van der Waals surface area contributed by atoms with Gasteiger partial charge in [-0.1, -0.05) is 24.3 Å². The smallest absolute Gasteiger partial charge is 0.119 e. The van der Waals surface area contributed by atoms with Crippen LogP contribution in [0.25, 0.3) is 0 Å². The Kier molecular flexibility index (Phi) is 9.34. The fourth-order valence-electron chi connectivity index (χ4n) is 4.16. The Bertz CT molecular complexity index is 1010. The largest absolute Gasteiger partial charge is 0.497 e. The highest BCUT2D eigenvalue weighted by atomic mass is 16.5. The number of hydrogen-bond donors (Lipinski definition) is 0. The zero-order valence-electron chi connectivity index (χ0n) is 20.7. The Hall–Kier alpha value is -3.13. The molecule has 1 fully saturated rings. The van der Waals surface area contributed by atoms with Crippen molar-refractivity contribution >= 4 is 5.69 Å². The molecular weight excluding hydrogens is 442 g/mol. The molecule has 0 spiro atoms. The SMILES string of the molecule is COc1cccc(CN(Cc2cccc(OC)c2)c2ccnc(COCCN3CCOCC3)c2)c1. The van der Waals surface area contributed by atoms with Crippen LogP contribution >= 0.6 is 0 Å². The van der Waals surface area contributed by atoms with E-state index in [0.717, 1.165) is 68.8 Å². The standard InChI is InChI=1S/C28H35N3O4/c1-32-27-7-3-5-23(17-27)20-31(21-24-6-4-8-28(18-24)33-2)26-9-10-29-25(19-26)22-35-16-13-30-11-14-34-15-12-30/h3-10,17-19H,11-16,20-22H2,1-2H3. The average Bonchev–Trinajstić information content (AvgIpc) is 2.92. The molecule has 1 aromatic heterocycles. The van der Waals surface area contributed by atoms with Crippen molar-refractivity contribution in [3.63, 3.8) is 0 Å². The second kappa shape index (κ2) is 13.1. The van der Waals surface area contributed by atoms with Crippen LogP contribution < -0.4 is 14.4 Å². The van der Waals surface area contributed by atoms with E-state index in [4.69, 9.17) is 18.9 Å². The molecule has 0 saturated carbocycles. The van der Waals surface area contributed by atoms with E-state index in [9.17, 15) is 0 Å². The van der Waals surface area contributed by atoms with E-state index in [1.54, 1.807) is 14.2 Å². The zero-order valence-corrected chi connectivity index (χ0v) is 20.7. The Morgan fingerprint density at radius 1 is 0.886 bits per heavy atom. The lowest BCUT2D eigenvalue weighted by Gasteiger charge is -2.26. The Morgan fingerprint density at radius 2 is 1.54 bits per heavy atom. The molecule has 0 bridgehead atoms. The van der Waals surface area contributed by atoms with E-state index < -0.39 is 0 Å². The molecular formula is C28H35N3O4. The van der Waals surface area contributed by atoms with E-state index >= 15 is 0 Å². The zero-order chi connectivity index (χ0) is 24.3. The van der Waals surface area contributed by atoms with Gasteiger partial charge in [-0.2, -0.15) is 0 Å². The molecule has 0 unspecified atom stereocenters. The maximum Gasteiger partial charge on any atom is 0.119 e. The van der Waals surface area contributed by atoms with Crippen molar-refractivity contribution in [2.45, 2.75) is 19.7 Å². The van der Waals surface area contributed by atoms with Gasteiger partial charge in [0, 0.05) is 44.6 Å². The van der Waals surface area contributed by atoms with Gasteiger partial charge in [-0.05, 0) is 47.5 Å². The molecule has 0 aliphatic carbocycles. The van der Waals surface area contributed by atoms with Crippen molar-refractivity contribution in [1.82, 2.24) is 9.88 Å². The highest BCUT2D eigenvalue weighted by Crippen LogP contribution is 2.24. The van der Waals surface area contributed by atoms with Crippen LogP contribution in [0.4, 0.5) is 5.69 Å². The molecule has 0 N–H and O–H groups in total. The van der Waals surface area contributed by atoms with Gasteiger partial charge in [-0.3, -0.25) is 9.88 Å². The van der Waals surface area contributed by atoms with Crippen molar-refractivity contribution in [1.29, 1.82) is 0 Å². The van der Waals surface area contributed by atoms with Gasteiger partial charge in [0.2, 0.25) is 0 Å². The van der Waals surface area contributed by atoms with Crippen LogP contribution in [0, 0.1) is 0 Å². The van der Waals surface area contributed by atoms with Gasteiger partial charge in [0.1, 0.15) is 11.5 Å². The predicted octanol–water partition coefficient (Wildman–Crippen LogP) is 4.15. The summed E-state index contributed by atoms with van der Waals surface area (Å²) in [5.41, 5.74) is 4.36. The lowest BCUT2D eigenvalue weighted by molar-refractivity contribution is 0.0177. The lowest BCUT2D eigenvalue weighted by Crippen LogP contribution is -2.38. The quantitative estimate of drug-likeness (QED) is 0.363. The minimum atomic E-state index is 0.490. The number of pyridine rings is 1. The summed E-state index contributed by atoms with van der Waals surface area (Å²) in [5.74, 6) is 1.71. The molecule has 186 valence electrons. The van der Waals surface area contributed by atoms with Crippen molar-refractivity contribution in [3.05, 3.63) is 83.7 Å². The molecule has 1 aliphatic heterocycles. The van der Waals surface area contributed by atoms with Gasteiger partial charge in [0.05, 0.1) is 46.3 Å². The molecule has 0 atom stereocenters. The highest BCUT2D eigenvalue weighted by molar-refractivity contribution is 5.48. The number of anilines is 1. The maximum atomic E-state index is 5.96. The summed E-state index contributed by atoms with van der Waals surface area (Å²) < 4.78 is 22.2. The number of morpholine rings is 1. The second-order valence-electron chi connectivity index (χ2n) is 8.57. The van der Waals surface area contributed by atoms with Crippen molar-refractivity contribution in [2.75, 3.05) is 58.6 Å². The summed E-state index contributed by atoms with van der Waals surface area (Å²) in [4.78, 5) is 9.26. The van der Waals surface area contributed by atoms with Gasteiger partial charge < -0.3 is 23.8 Å². The first-order valence-electron chi connectivity index (χ1n) is 12.1. The third kappa shape index (κ3) is 7.68. The summed E-state index contributed by atoms with van der Waals surface area (Å²) in [5, 5.41) is 0. The molecule has 0 amide bonds. The van der Waals surface area contributed by atoms with Gasteiger partial charge in [-0.25, -0.2) is 0 Å². The molecule has 1 aliphatic rings. The summed E-state index contributed by atoms with van der Waals surface area (Å²) in [6, 6.07) is 20.6. The van der Waals surface area contributed by atoms with Crippen molar-refractivity contribution in [2.24, 2.45) is 0 Å². The lowest BCUT2D eigenvalue weighted by atomic mass is 10.1. The number of aromatic nitrogens is 1. The maximum absolute atomic E-state index is 5.96. The van der Waals surface area contributed by atoms with Gasteiger partial charge >= 0.3 is 0 Å². The Balaban J connectivity index is 1.46. The number of hydrogen-bond acceptors (Lipinski definition) is 7. The third-order valence-electron chi connectivity index (χ3n) is 6.09. The topological polar surface area (TPSA) is 56.3 Å². The van der Waals surface area contributed by atoms with Crippen LogP contribution in [0.15, 0.2) is 66.9 Å². The van der Waals surface area contributed by atoms with E-state index in [1.165, 1.54) is 11.1 Å². The van der Waals surface area contributed by atoms with Crippen LogP contribution in [0.5, 0.6) is 11.5 Å². The fourth-order valence-corrected chi connectivity index (χ4v) is 4.16. The molecule has 0 radical (unpaired) electrons. The number of rotatable bonds is 12. The Labute approximate surface area is 208 Å². The minimum absolute atomic E-state index is 0.490. The number of benzene rings is 2. The molecule has 35 heavy (non-hydrogen) atoms. The summed E-state index contributed by atoms with van der Waals surface area (Å²) >= 11 is 0. The molecule has 2 heterocycles. The average molecular weight is 478 g/mol. The fraction of sp³-hybridized carbons (Fsp3) is 0.393. The normalized spacial score (nSPS) is 14.0. The van der Waals surface area contributed by atoms with E-state index in [1.807, 2.05) is 30.5 Å². The summed E-state index contributed by atoms with van der Waals surface area (Å²) in [6.45, 7) is 7.11. The molecule has 2 aromatic carbocycles. The number of methoxy groups -OCH3 is 2. The van der Waals surface area contributed by atoms with Crippen molar-refractivity contribution < 1.29 is 18.9 Å². The first-order valence-corrected chi connectivity index (χ1v) is 12.1. The van der Waals surface area contributed by atoms with Crippen LogP contribution in [0.1, 0.15) is 16.8 Å². The molecule has 1 saturated heterocycles. The predicted molar refractivity (Wildman–Crippen MR) is 137 cm³/mol. The van der Waals surface area contributed by atoms with Gasteiger partial charge in [-0.15, -0.1) is 0 Å². The third-order valence-corrected chi connectivity index (χ3v) is 6.09. The number of ether oxygens (including phenoxy) is 4. The van der Waals surface area contributed by atoms with Gasteiger partial charge in [0.15, 0.2) is 0 Å². The van der Waals surface area contributed by atoms with Crippen LogP contribution in [-0.4, -0.2) is 63.6 Å². The van der Waals surface area contributed by atoms with Crippen LogP contribution in [-0.2, 0) is 29.2 Å². The van der Waals surface area contributed by atoms with Crippen LogP contribution in [0.2, 0.25) is 0 Å². The number of nitrogens with zero attached hydrogens (tertiary/aromatic N) is 3. The van der Waals surface area contributed by atoms with E-state index in [0.29, 0.717) is 13.2 Å². The van der Waals surface area contributed by atoms with E-state index in [2.05, 4.69) is 51.2 Å². The summed E-state index contributed by atoms with van der Waals surface area (Å²) in [6.07, 6.45) is 1.86. The molecule has 4 rings (SSSR count). The molecule has 3 aromatic rings. The molecule has 7 heteroatoms. The summed E-state index contributed by atoms with van der Waals surface area (Å²) in [7, 11) is 3.39. The van der Waals surface area contributed by atoms with E-state index in [-0.39, 0.29) is 0 Å². The highest BCUT2D eigenvalue weighted by Gasteiger charge is 2.13. The first kappa shape index (κ1) is 25.0. The first-order chi connectivity index (χ1) is 17.2. The van der Waals surface area contributed by atoms with Gasteiger partial charge in [0.25, 0.3) is 0 Å². The van der Waals surface area contributed by atoms with Crippen molar-refractivity contribution in [3.8, 4) is 11.5 Å².